The Labute approximate surface area is 122 Å². The third kappa shape index (κ3) is 8.05. The summed E-state index contributed by atoms with van der Waals surface area (Å²) in [6, 6.07) is 1.19. The highest BCUT2D eigenvalue weighted by Gasteiger charge is 2.12. The van der Waals surface area contributed by atoms with Crippen LogP contribution in [0.25, 0.3) is 0 Å². The molecule has 0 N–H and O–H groups in total. The molecule has 3 nitrogen and oxygen atoms in total. The first-order chi connectivity index (χ1) is 7.03. The normalized spacial score (nSPS) is 10.6. The van der Waals surface area contributed by atoms with Crippen molar-refractivity contribution in [2.24, 2.45) is 0 Å². The van der Waals surface area contributed by atoms with Gasteiger partial charge in [-0.15, -0.1) is 36.4 Å². The van der Waals surface area contributed by atoms with Gasteiger partial charge in [0.2, 0.25) is 0 Å². The monoisotopic (exact) mass is 318 g/mol. The van der Waals surface area contributed by atoms with Crippen LogP contribution in [0.3, 0.4) is 0 Å². The van der Waals surface area contributed by atoms with Gasteiger partial charge >= 0.3 is 0 Å². The van der Waals surface area contributed by atoms with Crippen LogP contribution in [0.4, 0.5) is 0 Å². The Kier molecular flexibility index (Phi) is 10.6. The van der Waals surface area contributed by atoms with Crippen LogP contribution < -0.4 is 0 Å². The van der Waals surface area contributed by atoms with Gasteiger partial charge in [0.15, 0.2) is 0 Å². The quantitative estimate of drug-likeness (QED) is 0.453. The van der Waals surface area contributed by atoms with Crippen LogP contribution in [-0.2, 0) is 17.3 Å². The van der Waals surface area contributed by atoms with Gasteiger partial charge < -0.3 is 9.30 Å². The van der Waals surface area contributed by atoms with E-state index in [1.54, 1.807) is 6.20 Å². The lowest BCUT2D eigenvalue weighted by atomic mass is 10.7. The van der Waals surface area contributed by atoms with Crippen LogP contribution in [0.5, 0.6) is 0 Å². The van der Waals surface area contributed by atoms with E-state index in [1.165, 1.54) is 6.04 Å². The van der Waals surface area contributed by atoms with Crippen molar-refractivity contribution >= 4 is 44.5 Å². The average molecular weight is 320 g/mol. The summed E-state index contributed by atoms with van der Waals surface area (Å²) in [6.45, 7) is 8.43. The lowest BCUT2D eigenvalue weighted by Crippen LogP contribution is -2.22. The minimum absolute atomic E-state index is 0. The molecule has 0 radical (unpaired) electrons. The Morgan fingerprint density at radius 1 is 1.35 bits per heavy atom. The fraction of sp³-hybridized carbons (Fsp3) is 0.700. The second kappa shape index (κ2) is 9.22. The van der Waals surface area contributed by atoms with E-state index in [0.29, 0.717) is 12.6 Å². The summed E-state index contributed by atoms with van der Waals surface area (Å²) in [5, 5.41) is 0. The topological polar surface area (TPSA) is 27.1 Å². The zero-order valence-corrected chi connectivity index (χ0v) is 13.9. The smallest absolute Gasteiger partial charge is 0.125 e. The fourth-order valence-corrected chi connectivity index (χ4v) is 2.11. The molecule has 0 aliphatic heterocycles. The molecule has 1 aromatic heterocycles. The highest BCUT2D eigenvalue weighted by Crippen LogP contribution is 2.08. The third-order valence-electron chi connectivity index (χ3n) is 2.15. The molecule has 0 atom stereocenters. The molecule has 1 rings (SSSR count). The van der Waals surface area contributed by atoms with Crippen molar-refractivity contribution in [3.8, 4) is 0 Å². The first-order valence-electron chi connectivity index (χ1n) is 5.16. The van der Waals surface area contributed by atoms with Crippen molar-refractivity contribution in [2.75, 3.05) is 6.61 Å². The number of halogens is 3. The van der Waals surface area contributed by atoms with Crippen LogP contribution in [0, 0.1) is 0 Å². The third-order valence-corrected chi connectivity index (χ3v) is 4.09. The summed E-state index contributed by atoms with van der Waals surface area (Å²) in [7, 11) is -0.977. The minimum Gasteiger partial charge on any atom is -0.361 e. The highest BCUT2D eigenvalue weighted by atomic mass is 35.5. The maximum absolute atomic E-state index is 5.73. The van der Waals surface area contributed by atoms with Crippen molar-refractivity contribution in [1.29, 1.82) is 0 Å². The van der Waals surface area contributed by atoms with Gasteiger partial charge in [-0.25, -0.2) is 4.98 Å². The minimum atomic E-state index is -0.977. The number of aromatic nitrogens is 2. The molecule has 0 fully saturated rings. The zero-order valence-electron chi connectivity index (χ0n) is 10.5. The number of hydrogen-bond donors (Lipinski definition) is 0. The summed E-state index contributed by atoms with van der Waals surface area (Å²) in [4.78, 5) is 4.12. The van der Waals surface area contributed by atoms with Gasteiger partial charge in [0, 0.05) is 27.1 Å². The Bertz CT molecular complexity index is 302. The molecule has 0 aromatic carbocycles. The molecule has 0 aliphatic carbocycles. The van der Waals surface area contributed by atoms with E-state index in [0.717, 1.165) is 12.4 Å². The van der Waals surface area contributed by atoms with E-state index in [9.17, 15) is 0 Å². The molecule has 0 unspecified atom stereocenters. The molecular weight excluding hydrogens is 299 g/mol. The Balaban J connectivity index is 0. The standard InChI is InChI=1S/C10H19ClN2OSi.2ClH/c1-15(2,3)7-6-14-9-13-5-4-12-10(13)8-11;;/h4-5H,6-9H2,1-3H3;2*1H. The van der Waals surface area contributed by atoms with Crippen molar-refractivity contribution in [1.82, 2.24) is 9.55 Å². The number of alkyl halides is 1. The van der Waals surface area contributed by atoms with Crippen molar-refractivity contribution < 1.29 is 4.74 Å². The number of hydrogen-bond acceptors (Lipinski definition) is 2. The molecule has 0 aliphatic rings. The first kappa shape index (κ1) is 19.6. The zero-order chi connectivity index (χ0) is 11.3. The summed E-state index contributed by atoms with van der Waals surface area (Å²) >= 11 is 5.73. The molecule has 102 valence electrons. The molecule has 0 saturated carbocycles. The van der Waals surface area contributed by atoms with Crippen LogP contribution in [0.1, 0.15) is 5.82 Å². The Morgan fingerprint density at radius 2 is 2.00 bits per heavy atom. The molecule has 0 bridgehead atoms. The fourth-order valence-electron chi connectivity index (χ4n) is 1.13. The second-order valence-corrected chi connectivity index (χ2v) is 10.7. The van der Waals surface area contributed by atoms with Gasteiger partial charge in [-0.2, -0.15) is 0 Å². The maximum atomic E-state index is 5.73. The summed E-state index contributed by atoms with van der Waals surface area (Å²) < 4.78 is 7.54. The molecule has 0 amide bonds. The molecule has 17 heavy (non-hydrogen) atoms. The van der Waals surface area contributed by atoms with Gasteiger partial charge in [-0.3, -0.25) is 0 Å². The van der Waals surface area contributed by atoms with E-state index in [-0.39, 0.29) is 24.8 Å². The predicted molar refractivity (Wildman–Crippen MR) is 80.4 cm³/mol. The van der Waals surface area contributed by atoms with Gasteiger partial charge in [-0.1, -0.05) is 19.6 Å². The molecule has 1 aromatic rings. The van der Waals surface area contributed by atoms with E-state index < -0.39 is 8.07 Å². The molecule has 0 saturated heterocycles. The first-order valence-corrected chi connectivity index (χ1v) is 9.41. The Morgan fingerprint density at radius 3 is 2.53 bits per heavy atom. The number of ether oxygens (including phenoxy) is 1. The molecule has 0 spiro atoms. The van der Waals surface area contributed by atoms with Gasteiger partial charge in [-0.05, 0) is 6.04 Å². The van der Waals surface area contributed by atoms with Crippen LogP contribution >= 0.6 is 36.4 Å². The van der Waals surface area contributed by atoms with E-state index in [1.807, 2.05) is 10.8 Å². The largest absolute Gasteiger partial charge is 0.361 e. The van der Waals surface area contributed by atoms with E-state index >= 15 is 0 Å². The van der Waals surface area contributed by atoms with Crippen LogP contribution in [0.15, 0.2) is 12.4 Å². The van der Waals surface area contributed by atoms with E-state index in [4.69, 9.17) is 16.3 Å². The number of rotatable bonds is 6. The van der Waals surface area contributed by atoms with Crippen molar-refractivity contribution in [3.05, 3.63) is 18.2 Å². The predicted octanol–water partition coefficient (Wildman–Crippen LogP) is 3.78. The second-order valence-electron chi connectivity index (χ2n) is 4.79. The van der Waals surface area contributed by atoms with Gasteiger partial charge in [0.05, 0.1) is 5.88 Å². The van der Waals surface area contributed by atoms with Crippen LogP contribution in [-0.4, -0.2) is 24.2 Å². The lowest BCUT2D eigenvalue weighted by Gasteiger charge is -2.15. The maximum Gasteiger partial charge on any atom is 0.125 e. The number of nitrogens with zero attached hydrogens (tertiary/aromatic N) is 2. The van der Waals surface area contributed by atoms with E-state index in [2.05, 4.69) is 24.6 Å². The van der Waals surface area contributed by atoms with Crippen molar-refractivity contribution in [2.45, 2.75) is 38.3 Å². The van der Waals surface area contributed by atoms with Gasteiger partial charge in [0.25, 0.3) is 0 Å². The summed E-state index contributed by atoms with van der Waals surface area (Å²) in [6.07, 6.45) is 3.64. The lowest BCUT2D eigenvalue weighted by molar-refractivity contribution is 0.0856. The molecular formula is C10H21Cl3N2OSi. The average Bonchev–Trinajstić information content (AvgIpc) is 2.58. The van der Waals surface area contributed by atoms with Crippen LogP contribution in [0.2, 0.25) is 25.7 Å². The number of imidazole rings is 1. The highest BCUT2D eigenvalue weighted by molar-refractivity contribution is 6.76. The molecule has 1 heterocycles. The van der Waals surface area contributed by atoms with Crippen molar-refractivity contribution in [3.63, 3.8) is 0 Å². The summed E-state index contributed by atoms with van der Waals surface area (Å²) in [5.41, 5.74) is 0. The SMILES string of the molecule is C[Si](C)(C)CCOCn1ccnc1CCl.Cl.Cl. The Hall–Kier alpha value is 0.257. The van der Waals surface area contributed by atoms with Gasteiger partial charge in [0.1, 0.15) is 12.6 Å². The summed E-state index contributed by atoms with van der Waals surface area (Å²) in [5.74, 6) is 1.30. The molecule has 7 heteroatoms.